The van der Waals surface area contributed by atoms with Crippen LogP contribution in [-0.4, -0.2) is 56.6 Å². The van der Waals surface area contributed by atoms with Crippen molar-refractivity contribution in [2.24, 2.45) is 0 Å². The molecule has 1 saturated heterocycles. The Bertz CT molecular complexity index is 175. The lowest BCUT2D eigenvalue weighted by atomic mass is 10.3. The standard InChI is InChI=1S/C10H20O5/c1-9-10(2,15-9)14-8-7-13-6-5-12-4-3-11/h9,11H,3-8H2,1-2H3. The van der Waals surface area contributed by atoms with Gasteiger partial charge in [-0.1, -0.05) is 0 Å². The van der Waals surface area contributed by atoms with Gasteiger partial charge >= 0.3 is 0 Å². The topological polar surface area (TPSA) is 60.5 Å². The van der Waals surface area contributed by atoms with Gasteiger partial charge in [0, 0.05) is 0 Å². The number of aliphatic hydroxyl groups excluding tert-OH is 1. The molecule has 2 atom stereocenters. The second-order valence-electron chi connectivity index (χ2n) is 3.57. The first-order valence-corrected chi connectivity index (χ1v) is 5.27. The Labute approximate surface area is 90.3 Å². The van der Waals surface area contributed by atoms with E-state index in [-0.39, 0.29) is 12.7 Å². The lowest BCUT2D eigenvalue weighted by Crippen LogP contribution is -2.18. The number of ether oxygens (including phenoxy) is 4. The SMILES string of the molecule is CC1OC1(C)OCCOCCOCCO. The highest BCUT2D eigenvalue weighted by Gasteiger charge is 2.50. The Morgan fingerprint density at radius 1 is 1.13 bits per heavy atom. The number of hydrogen-bond donors (Lipinski definition) is 1. The third-order valence-electron chi connectivity index (χ3n) is 2.32. The summed E-state index contributed by atoms with van der Waals surface area (Å²) in [5.74, 6) is -0.392. The summed E-state index contributed by atoms with van der Waals surface area (Å²) in [4.78, 5) is 0. The summed E-state index contributed by atoms with van der Waals surface area (Å²) in [6.45, 7) is 6.40. The normalized spacial score (nSPS) is 29.4. The minimum Gasteiger partial charge on any atom is -0.394 e. The molecule has 90 valence electrons. The van der Waals surface area contributed by atoms with Gasteiger partial charge in [-0.05, 0) is 13.8 Å². The van der Waals surface area contributed by atoms with Crippen LogP contribution in [0.2, 0.25) is 0 Å². The van der Waals surface area contributed by atoms with Crippen LogP contribution < -0.4 is 0 Å². The van der Waals surface area contributed by atoms with Gasteiger partial charge in [0.25, 0.3) is 0 Å². The van der Waals surface area contributed by atoms with E-state index in [1.54, 1.807) is 0 Å². The summed E-state index contributed by atoms with van der Waals surface area (Å²) < 4.78 is 21.0. The predicted molar refractivity (Wildman–Crippen MR) is 53.6 cm³/mol. The molecule has 1 aliphatic rings. The van der Waals surface area contributed by atoms with E-state index in [9.17, 15) is 0 Å². The fourth-order valence-corrected chi connectivity index (χ4v) is 1.16. The molecule has 0 spiro atoms. The van der Waals surface area contributed by atoms with Gasteiger partial charge in [-0.25, -0.2) is 0 Å². The van der Waals surface area contributed by atoms with Crippen molar-refractivity contribution in [1.29, 1.82) is 0 Å². The largest absolute Gasteiger partial charge is 0.394 e. The van der Waals surface area contributed by atoms with Crippen molar-refractivity contribution in [3.8, 4) is 0 Å². The smallest absolute Gasteiger partial charge is 0.192 e. The fraction of sp³-hybridized carbons (Fsp3) is 1.00. The van der Waals surface area contributed by atoms with Crippen molar-refractivity contribution in [2.45, 2.75) is 25.7 Å². The van der Waals surface area contributed by atoms with Crippen LogP contribution in [0.4, 0.5) is 0 Å². The van der Waals surface area contributed by atoms with Gasteiger partial charge in [0.1, 0.15) is 6.10 Å². The van der Waals surface area contributed by atoms with Crippen LogP contribution in [0.1, 0.15) is 13.8 Å². The van der Waals surface area contributed by atoms with Gasteiger partial charge in [-0.3, -0.25) is 0 Å². The molecule has 5 heteroatoms. The average molecular weight is 220 g/mol. The third-order valence-corrected chi connectivity index (χ3v) is 2.32. The van der Waals surface area contributed by atoms with Crippen molar-refractivity contribution in [3.63, 3.8) is 0 Å². The molecule has 0 aromatic rings. The molecular formula is C10H20O5. The van der Waals surface area contributed by atoms with Crippen LogP contribution in [0.3, 0.4) is 0 Å². The van der Waals surface area contributed by atoms with Crippen molar-refractivity contribution >= 4 is 0 Å². The van der Waals surface area contributed by atoms with E-state index in [0.717, 1.165) is 0 Å². The molecule has 15 heavy (non-hydrogen) atoms. The molecule has 1 heterocycles. The summed E-state index contributed by atoms with van der Waals surface area (Å²) >= 11 is 0. The number of aliphatic hydroxyl groups is 1. The minimum atomic E-state index is -0.392. The number of hydrogen-bond acceptors (Lipinski definition) is 5. The van der Waals surface area contributed by atoms with Gasteiger partial charge in [-0.15, -0.1) is 0 Å². The molecule has 0 saturated carbocycles. The monoisotopic (exact) mass is 220 g/mol. The Balaban J connectivity index is 1.78. The van der Waals surface area contributed by atoms with Crippen molar-refractivity contribution in [3.05, 3.63) is 0 Å². The molecule has 2 unspecified atom stereocenters. The summed E-state index contributed by atoms with van der Waals surface area (Å²) in [7, 11) is 0. The quantitative estimate of drug-likeness (QED) is 0.443. The molecule has 1 fully saturated rings. The summed E-state index contributed by atoms with van der Waals surface area (Å²) in [6, 6.07) is 0. The first-order valence-electron chi connectivity index (χ1n) is 5.27. The van der Waals surface area contributed by atoms with Gasteiger partial charge in [0.15, 0.2) is 5.79 Å². The van der Waals surface area contributed by atoms with Crippen LogP contribution in [0.25, 0.3) is 0 Å². The molecule has 0 amide bonds. The van der Waals surface area contributed by atoms with Crippen LogP contribution in [0, 0.1) is 0 Å². The maximum atomic E-state index is 8.43. The molecule has 0 bridgehead atoms. The van der Waals surface area contributed by atoms with Crippen LogP contribution >= 0.6 is 0 Å². The van der Waals surface area contributed by atoms with Gasteiger partial charge in [0.05, 0.1) is 39.6 Å². The zero-order valence-corrected chi connectivity index (χ0v) is 9.40. The molecular weight excluding hydrogens is 200 g/mol. The van der Waals surface area contributed by atoms with E-state index >= 15 is 0 Å². The third kappa shape index (κ3) is 4.90. The first kappa shape index (κ1) is 12.9. The summed E-state index contributed by atoms with van der Waals surface area (Å²) in [5, 5.41) is 8.43. The highest BCUT2D eigenvalue weighted by Crippen LogP contribution is 2.36. The molecule has 1 rings (SSSR count). The fourth-order valence-electron chi connectivity index (χ4n) is 1.16. The molecule has 0 aromatic heterocycles. The van der Waals surface area contributed by atoms with E-state index < -0.39 is 5.79 Å². The van der Waals surface area contributed by atoms with E-state index in [4.69, 9.17) is 24.1 Å². The lowest BCUT2D eigenvalue weighted by molar-refractivity contribution is -0.0598. The van der Waals surface area contributed by atoms with Gasteiger partial charge < -0.3 is 24.1 Å². The van der Waals surface area contributed by atoms with Gasteiger partial charge in [-0.2, -0.15) is 0 Å². The molecule has 0 aromatic carbocycles. The van der Waals surface area contributed by atoms with Crippen molar-refractivity contribution < 1.29 is 24.1 Å². The summed E-state index contributed by atoms with van der Waals surface area (Å²) in [6.07, 6.45) is 0.186. The van der Waals surface area contributed by atoms with Crippen molar-refractivity contribution in [2.75, 3.05) is 39.6 Å². The summed E-state index contributed by atoms with van der Waals surface area (Å²) in [5.41, 5.74) is 0. The predicted octanol–water partition coefficient (Wildman–Crippen LogP) is 0.163. The maximum Gasteiger partial charge on any atom is 0.192 e. The van der Waals surface area contributed by atoms with Crippen molar-refractivity contribution in [1.82, 2.24) is 0 Å². The average Bonchev–Trinajstić information content (AvgIpc) is 2.79. The van der Waals surface area contributed by atoms with Crippen LogP contribution in [0.5, 0.6) is 0 Å². The highest BCUT2D eigenvalue weighted by molar-refractivity contribution is 4.86. The molecule has 0 radical (unpaired) electrons. The maximum absolute atomic E-state index is 8.43. The second kappa shape index (κ2) is 6.40. The van der Waals surface area contributed by atoms with Crippen LogP contribution in [0.15, 0.2) is 0 Å². The Morgan fingerprint density at radius 2 is 1.67 bits per heavy atom. The van der Waals surface area contributed by atoms with E-state index in [1.165, 1.54) is 0 Å². The van der Waals surface area contributed by atoms with E-state index in [2.05, 4.69) is 0 Å². The van der Waals surface area contributed by atoms with Crippen LogP contribution in [-0.2, 0) is 18.9 Å². The molecule has 0 aliphatic carbocycles. The Morgan fingerprint density at radius 3 is 2.20 bits per heavy atom. The molecule has 1 N–H and O–H groups in total. The number of rotatable bonds is 9. The minimum absolute atomic E-state index is 0.0523. The van der Waals surface area contributed by atoms with Gasteiger partial charge in [0.2, 0.25) is 0 Å². The highest BCUT2D eigenvalue weighted by atomic mass is 16.8. The zero-order valence-electron chi connectivity index (χ0n) is 9.40. The van der Waals surface area contributed by atoms with E-state index in [0.29, 0.717) is 33.0 Å². The zero-order chi connectivity index (χ0) is 11.1. The second-order valence-corrected chi connectivity index (χ2v) is 3.57. The Hall–Kier alpha value is -0.200. The Kier molecular flexibility index (Phi) is 5.49. The lowest BCUT2D eigenvalue weighted by Gasteiger charge is -2.08. The first-order chi connectivity index (χ1) is 7.19. The van der Waals surface area contributed by atoms with E-state index in [1.807, 2.05) is 13.8 Å². The molecule has 5 nitrogen and oxygen atoms in total. The number of epoxide rings is 1. The molecule has 1 aliphatic heterocycles.